The van der Waals surface area contributed by atoms with Crippen molar-refractivity contribution in [3.8, 4) is 0 Å². The predicted octanol–water partition coefficient (Wildman–Crippen LogP) is 1.07. The average Bonchev–Trinajstić information content (AvgIpc) is 2.85. The molecule has 0 aliphatic rings. The second kappa shape index (κ2) is 11.7. The molecule has 0 radical (unpaired) electrons. The van der Waals surface area contributed by atoms with E-state index in [4.69, 9.17) is 11.5 Å². The molecule has 2 aromatic heterocycles. The number of carbonyl (C=O) groups excluding carboxylic acids is 2. The maximum absolute atomic E-state index is 12.6. The molecule has 3 rings (SSSR count). The van der Waals surface area contributed by atoms with E-state index in [1.807, 2.05) is 13.8 Å². The first-order chi connectivity index (χ1) is 17.2. The van der Waals surface area contributed by atoms with Crippen LogP contribution in [-0.2, 0) is 16.1 Å². The standard InChI is InChI=1S/C23H29N9O4/c1-3-12(2)28-17(33)9-8-16(22(35)36)30-21(34)13-4-6-14(7-5-13)26-10-15-11-27-20-18(29-15)19(24)31-23(25)32-20/h4-7,11-12,16,26H,3,8-10H2,1-2H3,(H,28,33)(H,30,34)(H,35,36)(H4,24,25,27,31,32)/t12-,16+/m1/s1. The van der Waals surface area contributed by atoms with E-state index < -0.39 is 17.9 Å². The number of carboxylic acids is 1. The maximum atomic E-state index is 12.6. The zero-order valence-corrected chi connectivity index (χ0v) is 20.0. The first kappa shape index (κ1) is 26.1. The lowest BCUT2D eigenvalue weighted by Gasteiger charge is -2.16. The molecule has 0 saturated heterocycles. The summed E-state index contributed by atoms with van der Waals surface area (Å²) in [6, 6.07) is 5.30. The summed E-state index contributed by atoms with van der Waals surface area (Å²) in [5.41, 5.74) is 13.6. The van der Waals surface area contributed by atoms with Gasteiger partial charge in [-0.3, -0.25) is 9.59 Å². The summed E-state index contributed by atoms with van der Waals surface area (Å²) in [7, 11) is 0. The minimum absolute atomic E-state index is 0.00212. The van der Waals surface area contributed by atoms with Crippen LogP contribution in [0.5, 0.6) is 0 Å². The van der Waals surface area contributed by atoms with Crippen LogP contribution in [0.15, 0.2) is 30.5 Å². The van der Waals surface area contributed by atoms with Gasteiger partial charge in [-0.15, -0.1) is 0 Å². The number of anilines is 3. The van der Waals surface area contributed by atoms with Gasteiger partial charge in [-0.05, 0) is 44.0 Å². The molecule has 190 valence electrons. The third-order valence-corrected chi connectivity index (χ3v) is 5.41. The highest BCUT2D eigenvalue weighted by atomic mass is 16.4. The molecule has 13 nitrogen and oxygen atoms in total. The predicted molar refractivity (Wildman–Crippen MR) is 134 cm³/mol. The lowest BCUT2D eigenvalue weighted by atomic mass is 10.1. The lowest BCUT2D eigenvalue weighted by Crippen LogP contribution is -2.42. The van der Waals surface area contributed by atoms with Crippen LogP contribution in [-0.4, -0.2) is 54.9 Å². The van der Waals surface area contributed by atoms with Gasteiger partial charge in [-0.25, -0.2) is 14.8 Å². The van der Waals surface area contributed by atoms with Gasteiger partial charge in [0.2, 0.25) is 11.9 Å². The molecule has 2 amide bonds. The van der Waals surface area contributed by atoms with E-state index >= 15 is 0 Å². The van der Waals surface area contributed by atoms with Crippen LogP contribution in [0.25, 0.3) is 11.2 Å². The van der Waals surface area contributed by atoms with Gasteiger partial charge in [0.1, 0.15) is 6.04 Å². The SMILES string of the molecule is CC[C@@H](C)NC(=O)CC[C@H](NC(=O)c1ccc(NCc2cnc3nc(N)nc(N)c3n2)cc1)C(=O)O. The number of nitrogens with two attached hydrogens (primary N) is 2. The zero-order valence-electron chi connectivity index (χ0n) is 20.0. The highest BCUT2D eigenvalue weighted by Gasteiger charge is 2.22. The largest absolute Gasteiger partial charge is 0.480 e. The number of hydrogen-bond donors (Lipinski definition) is 6. The van der Waals surface area contributed by atoms with Crippen molar-refractivity contribution < 1.29 is 19.5 Å². The van der Waals surface area contributed by atoms with Gasteiger partial charge >= 0.3 is 5.97 Å². The van der Waals surface area contributed by atoms with Crippen LogP contribution >= 0.6 is 0 Å². The zero-order chi connectivity index (χ0) is 26.2. The number of hydrogen-bond acceptors (Lipinski definition) is 10. The number of amides is 2. The van der Waals surface area contributed by atoms with Gasteiger partial charge in [0.05, 0.1) is 18.4 Å². The van der Waals surface area contributed by atoms with Gasteiger partial charge in [0.25, 0.3) is 5.91 Å². The van der Waals surface area contributed by atoms with Crippen molar-refractivity contribution in [1.82, 2.24) is 30.6 Å². The van der Waals surface area contributed by atoms with Gasteiger partial charge in [0.15, 0.2) is 17.0 Å². The molecule has 0 unspecified atom stereocenters. The van der Waals surface area contributed by atoms with Crippen molar-refractivity contribution in [2.24, 2.45) is 0 Å². The molecular weight excluding hydrogens is 466 g/mol. The molecule has 0 spiro atoms. The van der Waals surface area contributed by atoms with Crippen LogP contribution < -0.4 is 27.4 Å². The van der Waals surface area contributed by atoms with E-state index in [2.05, 4.69) is 35.9 Å². The van der Waals surface area contributed by atoms with Gasteiger partial charge in [-0.2, -0.15) is 9.97 Å². The summed E-state index contributed by atoms with van der Waals surface area (Å²) < 4.78 is 0. The van der Waals surface area contributed by atoms with Gasteiger partial charge in [-0.1, -0.05) is 6.92 Å². The molecule has 13 heteroatoms. The smallest absolute Gasteiger partial charge is 0.326 e. The molecular formula is C23H29N9O4. The van der Waals surface area contributed by atoms with E-state index in [-0.39, 0.29) is 42.1 Å². The average molecular weight is 496 g/mol. The fraction of sp³-hybridized carbons (Fsp3) is 0.348. The summed E-state index contributed by atoms with van der Waals surface area (Å²) in [4.78, 5) is 52.5. The Morgan fingerprint density at radius 1 is 1.06 bits per heavy atom. The van der Waals surface area contributed by atoms with Crippen molar-refractivity contribution >= 4 is 46.4 Å². The molecule has 2 heterocycles. The number of rotatable bonds is 11. The summed E-state index contributed by atoms with van der Waals surface area (Å²) >= 11 is 0. The van der Waals surface area contributed by atoms with Crippen molar-refractivity contribution in [3.63, 3.8) is 0 Å². The molecule has 0 aliphatic heterocycles. The van der Waals surface area contributed by atoms with E-state index in [9.17, 15) is 19.5 Å². The van der Waals surface area contributed by atoms with Crippen LogP contribution in [0, 0.1) is 0 Å². The molecule has 2 atom stereocenters. The Hall–Kier alpha value is -4.55. The quantitative estimate of drug-likeness (QED) is 0.221. The number of aliphatic carboxylic acids is 1. The first-order valence-electron chi connectivity index (χ1n) is 11.4. The molecule has 0 fully saturated rings. The number of carbonyl (C=O) groups is 3. The molecule has 3 aromatic rings. The summed E-state index contributed by atoms with van der Waals surface area (Å²) in [5.74, 6) is -1.85. The molecule has 0 saturated carbocycles. The molecule has 1 aromatic carbocycles. The lowest BCUT2D eigenvalue weighted by molar-refractivity contribution is -0.139. The first-order valence-corrected chi connectivity index (χ1v) is 11.4. The van der Waals surface area contributed by atoms with Gasteiger partial charge in [0, 0.05) is 23.7 Å². The fourth-order valence-electron chi connectivity index (χ4n) is 3.22. The highest BCUT2D eigenvalue weighted by molar-refractivity contribution is 5.97. The third-order valence-electron chi connectivity index (χ3n) is 5.41. The Labute approximate surface area is 207 Å². The Balaban J connectivity index is 1.56. The van der Waals surface area contributed by atoms with E-state index in [1.165, 1.54) is 6.20 Å². The van der Waals surface area contributed by atoms with E-state index in [0.29, 0.717) is 29.1 Å². The number of fused-ring (bicyclic) bond motifs is 1. The monoisotopic (exact) mass is 495 g/mol. The molecule has 8 N–H and O–H groups in total. The minimum Gasteiger partial charge on any atom is -0.480 e. The minimum atomic E-state index is -1.21. The molecule has 0 bridgehead atoms. The number of carboxylic acid groups (broad SMARTS) is 1. The Morgan fingerprint density at radius 2 is 1.78 bits per heavy atom. The van der Waals surface area contributed by atoms with Gasteiger partial charge < -0.3 is 32.5 Å². The van der Waals surface area contributed by atoms with Crippen molar-refractivity contribution in [1.29, 1.82) is 0 Å². The normalized spacial score (nSPS) is 12.5. The topological polar surface area (TPSA) is 211 Å². The second-order valence-electron chi connectivity index (χ2n) is 8.21. The van der Waals surface area contributed by atoms with Crippen LogP contribution in [0.2, 0.25) is 0 Å². The third kappa shape index (κ3) is 6.98. The van der Waals surface area contributed by atoms with Crippen LogP contribution in [0.4, 0.5) is 17.5 Å². The molecule has 0 aliphatic carbocycles. The Bertz CT molecular complexity index is 1250. The summed E-state index contributed by atoms with van der Waals surface area (Å²) in [6.07, 6.45) is 2.29. The maximum Gasteiger partial charge on any atom is 0.326 e. The fourth-order valence-corrected chi connectivity index (χ4v) is 3.22. The highest BCUT2D eigenvalue weighted by Crippen LogP contribution is 2.16. The second-order valence-corrected chi connectivity index (χ2v) is 8.21. The number of nitrogens with one attached hydrogen (secondary N) is 3. The van der Waals surface area contributed by atoms with Crippen molar-refractivity contribution in [2.45, 2.75) is 51.7 Å². The van der Waals surface area contributed by atoms with Crippen molar-refractivity contribution in [2.75, 3.05) is 16.8 Å². The Kier molecular flexibility index (Phi) is 8.49. The molecule has 36 heavy (non-hydrogen) atoms. The van der Waals surface area contributed by atoms with Crippen LogP contribution in [0.3, 0.4) is 0 Å². The number of aromatic nitrogens is 4. The van der Waals surface area contributed by atoms with E-state index in [1.54, 1.807) is 24.3 Å². The van der Waals surface area contributed by atoms with Crippen LogP contribution in [0.1, 0.15) is 49.2 Å². The number of nitrogens with zero attached hydrogens (tertiary/aromatic N) is 4. The van der Waals surface area contributed by atoms with E-state index in [0.717, 1.165) is 6.42 Å². The summed E-state index contributed by atoms with van der Waals surface area (Å²) in [5, 5.41) is 17.8. The summed E-state index contributed by atoms with van der Waals surface area (Å²) in [6.45, 7) is 4.12. The Morgan fingerprint density at radius 3 is 2.44 bits per heavy atom. The number of nitrogen functional groups attached to an aromatic ring is 2. The number of benzene rings is 1. The van der Waals surface area contributed by atoms with Crippen molar-refractivity contribution in [3.05, 3.63) is 41.7 Å².